The molecule has 2 aromatic heterocycles. The smallest absolute Gasteiger partial charge is 0.340 e. The average molecular weight is 547 g/mol. The van der Waals surface area contributed by atoms with Gasteiger partial charge >= 0.3 is 6.18 Å². The molecule has 0 bridgehead atoms. The van der Waals surface area contributed by atoms with Crippen molar-refractivity contribution < 1.29 is 26.3 Å². The first-order chi connectivity index (χ1) is 18.0. The van der Waals surface area contributed by atoms with Crippen LogP contribution in [0.5, 0.6) is 0 Å². The molecule has 0 spiro atoms. The number of hydrogen-bond donors (Lipinski definition) is 2. The topological polar surface area (TPSA) is 53.6 Å². The maximum atomic E-state index is 14.7. The quantitative estimate of drug-likeness (QED) is 0.215. The van der Waals surface area contributed by atoms with Gasteiger partial charge in [0.2, 0.25) is 5.95 Å². The summed E-state index contributed by atoms with van der Waals surface area (Å²) in [6, 6.07) is 15.6. The zero-order valence-corrected chi connectivity index (χ0v) is 20.0. The van der Waals surface area contributed by atoms with Crippen molar-refractivity contribution in [1.82, 2.24) is 15.0 Å². The minimum absolute atomic E-state index is 0.0119. The number of H-pyrrole nitrogens is 1. The summed E-state index contributed by atoms with van der Waals surface area (Å²) in [4.78, 5) is 11.3. The van der Waals surface area contributed by atoms with Gasteiger partial charge in [-0.3, -0.25) is 4.98 Å². The molecule has 0 radical (unpaired) electrons. The van der Waals surface area contributed by atoms with Crippen LogP contribution in [-0.4, -0.2) is 15.0 Å². The predicted octanol–water partition coefficient (Wildman–Crippen LogP) is 7.65. The lowest BCUT2D eigenvalue weighted by molar-refractivity contribution is -0.137. The summed E-state index contributed by atoms with van der Waals surface area (Å²) in [5.41, 5.74) is -2.36. The van der Waals surface area contributed by atoms with Crippen LogP contribution in [0.4, 0.5) is 32.3 Å². The van der Waals surface area contributed by atoms with Crippen molar-refractivity contribution in [1.29, 1.82) is 0 Å². The van der Waals surface area contributed by atoms with E-state index in [1.165, 1.54) is 18.3 Å². The summed E-state index contributed by atoms with van der Waals surface area (Å²) in [7, 11) is 0. The van der Waals surface area contributed by atoms with E-state index in [2.05, 4.69) is 20.3 Å². The lowest BCUT2D eigenvalue weighted by Gasteiger charge is -2.35. The van der Waals surface area contributed by atoms with E-state index in [9.17, 15) is 26.3 Å². The molecule has 1 unspecified atom stereocenters. The molecule has 0 amide bonds. The second kappa shape index (κ2) is 9.68. The number of rotatable bonds is 6. The van der Waals surface area contributed by atoms with Crippen molar-refractivity contribution in [3.05, 3.63) is 124 Å². The van der Waals surface area contributed by atoms with Crippen LogP contribution < -0.4 is 5.32 Å². The minimum atomic E-state index is -4.84. The molecule has 38 heavy (non-hydrogen) atoms. The fourth-order valence-corrected chi connectivity index (χ4v) is 4.47. The lowest BCUT2D eigenvalue weighted by Crippen LogP contribution is -2.40. The van der Waals surface area contributed by atoms with Gasteiger partial charge in [-0.1, -0.05) is 41.9 Å². The zero-order valence-electron chi connectivity index (χ0n) is 19.3. The molecule has 0 aliphatic heterocycles. The normalized spacial score (nSPS) is 13.4. The molecular weight excluding hydrogens is 530 g/mol. The number of aromatic amines is 1. The van der Waals surface area contributed by atoms with Crippen LogP contribution in [0.1, 0.15) is 22.4 Å². The number of imidazole rings is 1. The molecule has 194 valence electrons. The van der Waals surface area contributed by atoms with Gasteiger partial charge < -0.3 is 10.3 Å². The number of nitrogens with zero attached hydrogens (tertiary/aromatic N) is 2. The van der Waals surface area contributed by atoms with Gasteiger partial charge in [0.25, 0.3) is 0 Å². The SMILES string of the molecule is Fc1cc(C(F)(F)F)cc(C(Cc2ccccc2)(Nc2nc3c(F)cc(F)cc3[nH]2)c2ccc(Cl)cn2)c1. The summed E-state index contributed by atoms with van der Waals surface area (Å²) < 4.78 is 84.2. The molecule has 1 atom stereocenters. The zero-order chi connectivity index (χ0) is 27.1. The standard InChI is InChI=1S/C27H17ClF6N4/c28-18-6-7-23(35-14-18)26(13-15-4-2-1-3-5-15,16-8-17(27(32,33)34)10-19(29)9-16)38-25-36-22-12-20(30)11-21(31)24(22)37-25/h1-12,14H,13H2,(H2,36,37,38). The number of nitrogens with one attached hydrogen (secondary N) is 2. The van der Waals surface area contributed by atoms with E-state index < -0.39 is 34.7 Å². The molecule has 0 aliphatic rings. The molecule has 0 fully saturated rings. The van der Waals surface area contributed by atoms with Crippen LogP contribution >= 0.6 is 11.6 Å². The Hall–Kier alpha value is -4.05. The Kier molecular flexibility index (Phi) is 6.52. The van der Waals surface area contributed by atoms with Gasteiger partial charge in [0.1, 0.15) is 22.7 Å². The molecule has 2 N–H and O–H groups in total. The molecule has 3 aromatic carbocycles. The lowest BCUT2D eigenvalue weighted by atomic mass is 9.80. The fourth-order valence-electron chi connectivity index (χ4n) is 4.35. The van der Waals surface area contributed by atoms with Gasteiger partial charge in [0, 0.05) is 18.7 Å². The molecule has 0 aliphatic carbocycles. The molecule has 2 heterocycles. The monoisotopic (exact) mass is 546 g/mol. The molecule has 4 nitrogen and oxygen atoms in total. The van der Waals surface area contributed by atoms with Crippen LogP contribution in [-0.2, 0) is 18.1 Å². The summed E-state index contributed by atoms with van der Waals surface area (Å²) in [6.45, 7) is 0. The number of anilines is 1. The average Bonchev–Trinajstić information content (AvgIpc) is 3.26. The van der Waals surface area contributed by atoms with Crippen molar-refractivity contribution in [2.24, 2.45) is 0 Å². The number of aromatic nitrogens is 3. The largest absolute Gasteiger partial charge is 0.416 e. The third kappa shape index (κ3) is 5.04. The Morgan fingerprint density at radius 2 is 1.55 bits per heavy atom. The van der Waals surface area contributed by atoms with E-state index in [4.69, 9.17) is 11.6 Å². The van der Waals surface area contributed by atoms with Crippen molar-refractivity contribution in [3.63, 3.8) is 0 Å². The highest BCUT2D eigenvalue weighted by Crippen LogP contribution is 2.40. The highest BCUT2D eigenvalue weighted by molar-refractivity contribution is 6.30. The van der Waals surface area contributed by atoms with E-state index in [-0.39, 0.29) is 39.7 Å². The number of benzene rings is 3. The van der Waals surface area contributed by atoms with Crippen molar-refractivity contribution in [3.8, 4) is 0 Å². The first-order valence-corrected chi connectivity index (χ1v) is 11.6. The Labute approximate surface area is 217 Å². The maximum Gasteiger partial charge on any atom is 0.416 e. The van der Waals surface area contributed by atoms with Crippen LogP contribution in [0.15, 0.2) is 79.0 Å². The number of hydrogen-bond acceptors (Lipinski definition) is 3. The molecule has 0 saturated heterocycles. The van der Waals surface area contributed by atoms with E-state index in [1.807, 2.05) is 0 Å². The second-order valence-electron chi connectivity index (χ2n) is 8.65. The van der Waals surface area contributed by atoms with Crippen LogP contribution in [0.25, 0.3) is 11.0 Å². The van der Waals surface area contributed by atoms with Gasteiger partial charge in [0.15, 0.2) is 5.82 Å². The molecule has 0 saturated carbocycles. The Morgan fingerprint density at radius 3 is 2.24 bits per heavy atom. The van der Waals surface area contributed by atoms with Crippen molar-refractivity contribution >= 4 is 28.6 Å². The molecule has 5 rings (SSSR count). The molecular formula is C27H17ClF6N4. The summed E-state index contributed by atoms with van der Waals surface area (Å²) in [5, 5.41) is 3.30. The van der Waals surface area contributed by atoms with Crippen LogP contribution in [0.3, 0.4) is 0 Å². The third-order valence-electron chi connectivity index (χ3n) is 6.03. The second-order valence-corrected chi connectivity index (χ2v) is 9.09. The fraction of sp³-hybridized carbons (Fsp3) is 0.111. The van der Waals surface area contributed by atoms with E-state index >= 15 is 0 Å². The first-order valence-electron chi connectivity index (χ1n) is 11.2. The van der Waals surface area contributed by atoms with Gasteiger partial charge in [-0.15, -0.1) is 0 Å². The highest BCUT2D eigenvalue weighted by Gasteiger charge is 2.40. The number of fused-ring (bicyclic) bond motifs is 1. The van der Waals surface area contributed by atoms with Crippen molar-refractivity contribution in [2.75, 3.05) is 5.32 Å². The van der Waals surface area contributed by atoms with Crippen molar-refractivity contribution in [2.45, 2.75) is 18.1 Å². The summed E-state index contributed by atoms with van der Waals surface area (Å²) >= 11 is 6.04. The number of halogens is 7. The third-order valence-corrected chi connectivity index (χ3v) is 6.25. The van der Waals surface area contributed by atoms with Crippen LogP contribution in [0, 0.1) is 17.5 Å². The summed E-state index contributed by atoms with van der Waals surface area (Å²) in [6.07, 6.45) is -3.57. The van der Waals surface area contributed by atoms with Gasteiger partial charge in [-0.25, -0.2) is 18.2 Å². The molecule has 11 heteroatoms. The summed E-state index contributed by atoms with van der Waals surface area (Å²) in [5.74, 6) is -3.01. The Balaban J connectivity index is 1.79. The van der Waals surface area contributed by atoms with E-state index in [1.54, 1.807) is 30.3 Å². The molecule has 5 aromatic rings. The number of pyridine rings is 1. The highest BCUT2D eigenvalue weighted by atomic mass is 35.5. The van der Waals surface area contributed by atoms with Gasteiger partial charge in [-0.2, -0.15) is 13.2 Å². The number of alkyl halides is 3. The van der Waals surface area contributed by atoms with Gasteiger partial charge in [0.05, 0.1) is 21.8 Å². The Bertz CT molecular complexity index is 1600. The maximum absolute atomic E-state index is 14.7. The Morgan fingerprint density at radius 1 is 0.842 bits per heavy atom. The van der Waals surface area contributed by atoms with Gasteiger partial charge in [-0.05, 0) is 47.5 Å². The minimum Gasteiger partial charge on any atom is -0.340 e. The van der Waals surface area contributed by atoms with Crippen LogP contribution in [0.2, 0.25) is 5.02 Å². The first kappa shape index (κ1) is 25.6. The van der Waals surface area contributed by atoms with E-state index in [0.717, 1.165) is 18.2 Å². The predicted molar refractivity (Wildman–Crippen MR) is 131 cm³/mol. The van der Waals surface area contributed by atoms with E-state index in [0.29, 0.717) is 17.7 Å².